The van der Waals surface area contributed by atoms with Crippen LogP contribution in [0.25, 0.3) is 0 Å². The molecular formula is C17H25N3OS3. The van der Waals surface area contributed by atoms with Crippen LogP contribution in [0.5, 0.6) is 0 Å². The molecule has 0 radical (unpaired) electrons. The first-order chi connectivity index (χ1) is 11.7. The zero-order valence-electron chi connectivity index (χ0n) is 14.0. The number of hydrogen-bond acceptors (Lipinski definition) is 4. The van der Waals surface area contributed by atoms with Crippen molar-refractivity contribution in [3.8, 4) is 0 Å². The van der Waals surface area contributed by atoms with Gasteiger partial charge in [0.15, 0.2) is 5.11 Å². The number of thioether (sulfide) groups is 2. The van der Waals surface area contributed by atoms with Crippen LogP contribution < -0.4 is 16.2 Å². The molecule has 7 heteroatoms. The van der Waals surface area contributed by atoms with Gasteiger partial charge in [-0.2, -0.15) is 0 Å². The van der Waals surface area contributed by atoms with Crippen LogP contribution in [0.2, 0.25) is 0 Å². The maximum Gasteiger partial charge on any atom is 0.269 e. The topological polar surface area (TPSA) is 53.2 Å². The summed E-state index contributed by atoms with van der Waals surface area (Å²) in [5.41, 5.74) is 7.29. The molecular weight excluding hydrogens is 358 g/mol. The van der Waals surface area contributed by atoms with E-state index in [9.17, 15) is 4.79 Å². The number of carbonyl (C=O) groups is 1. The Balaban J connectivity index is 1.74. The summed E-state index contributed by atoms with van der Waals surface area (Å²) < 4.78 is 0.494. The Morgan fingerprint density at radius 1 is 1.17 bits per heavy atom. The average molecular weight is 384 g/mol. The first-order valence-corrected chi connectivity index (χ1v) is 10.9. The van der Waals surface area contributed by atoms with Crippen molar-refractivity contribution in [3.05, 3.63) is 35.4 Å². The number of unbranched alkanes of at least 4 members (excludes halogenated alkanes) is 2. The molecule has 0 unspecified atom stereocenters. The van der Waals surface area contributed by atoms with E-state index in [0.29, 0.717) is 15.3 Å². The molecule has 1 aromatic rings. The highest BCUT2D eigenvalue weighted by molar-refractivity contribution is 8.16. The molecule has 1 heterocycles. The molecule has 0 atom stereocenters. The van der Waals surface area contributed by atoms with Gasteiger partial charge in [0.05, 0.1) is 4.58 Å². The number of thiocarbonyl (C=S) groups is 1. The lowest BCUT2D eigenvalue weighted by molar-refractivity contribution is 0.0943. The monoisotopic (exact) mass is 383 g/mol. The Morgan fingerprint density at radius 2 is 1.88 bits per heavy atom. The molecule has 2 rings (SSSR count). The quantitative estimate of drug-likeness (QED) is 0.394. The Bertz CT molecular complexity index is 530. The van der Waals surface area contributed by atoms with Crippen LogP contribution in [-0.2, 0) is 0 Å². The molecule has 1 aliphatic heterocycles. The first kappa shape index (κ1) is 19.4. The number of hydrogen-bond donors (Lipinski definition) is 3. The molecule has 0 bridgehead atoms. The van der Waals surface area contributed by atoms with E-state index in [1.165, 1.54) is 36.3 Å². The summed E-state index contributed by atoms with van der Waals surface area (Å²) in [7, 11) is 0. The van der Waals surface area contributed by atoms with Gasteiger partial charge in [-0.25, -0.2) is 0 Å². The molecule has 0 saturated carbocycles. The SMILES string of the molecule is CCCCCNC(=S)NNC(=O)c1ccc(C2SCCCS2)cc1. The number of rotatable bonds is 6. The van der Waals surface area contributed by atoms with Gasteiger partial charge >= 0.3 is 0 Å². The minimum Gasteiger partial charge on any atom is -0.361 e. The molecule has 132 valence electrons. The minimum atomic E-state index is -0.178. The molecule has 1 fully saturated rings. The van der Waals surface area contributed by atoms with Crippen molar-refractivity contribution in [1.82, 2.24) is 16.2 Å². The molecule has 0 spiro atoms. The molecule has 1 aliphatic rings. The van der Waals surface area contributed by atoms with Gasteiger partial charge in [-0.15, -0.1) is 23.5 Å². The summed E-state index contributed by atoms with van der Waals surface area (Å²) in [4.78, 5) is 12.1. The van der Waals surface area contributed by atoms with Gasteiger partial charge < -0.3 is 5.32 Å². The van der Waals surface area contributed by atoms with E-state index in [-0.39, 0.29) is 5.91 Å². The lowest BCUT2D eigenvalue weighted by Crippen LogP contribution is -2.46. The first-order valence-electron chi connectivity index (χ1n) is 8.38. The van der Waals surface area contributed by atoms with Crippen LogP contribution in [-0.4, -0.2) is 29.1 Å². The van der Waals surface area contributed by atoms with Crippen molar-refractivity contribution in [2.24, 2.45) is 0 Å². The van der Waals surface area contributed by atoms with Crippen LogP contribution in [0.15, 0.2) is 24.3 Å². The molecule has 0 aliphatic carbocycles. The fourth-order valence-corrected chi connectivity index (χ4v) is 5.33. The predicted octanol–water partition coefficient (Wildman–Crippen LogP) is 3.85. The second-order valence-corrected chi connectivity index (χ2v) is 8.72. The van der Waals surface area contributed by atoms with E-state index in [2.05, 4.69) is 23.1 Å². The van der Waals surface area contributed by atoms with Crippen molar-refractivity contribution in [2.45, 2.75) is 37.2 Å². The summed E-state index contributed by atoms with van der Waals surface area (Å²) in [6.45, 7) is 2.98. The highest BCUT2D eigenvalue weighted by atomic mass is 32.2. The second kappa shape index (κ2) is 10.8. The Morgan fingerprint density at radius 3 is 2.54 bits per heavy atom. The summed E-state index contributed by atoms with van der Waals surface area (Å²) in [6, 6.07) is 7.85. The number of nitrogens with one attached hydrogen (secondary N) is 3. The smallest absolute Gasteiger partial charge is 0.269 e. The van der Waals surface area contributed by atoms with Gasteiger partial charge in [-0.3, -0.25) is 15.6 Å². The van der Waals surface area contributed by atoms with Crippen LogP contribution in [0, 0.1) is 0 Å². The summed E-state index contributed by atoms with van der Waals surface area (Å²) in [5, 5.41) is 3.53. The van der Waals surface area contributed by atoms with E-state index in [1.807, 2.05) is 47.8 Å². The van der Waals surface area contributed by atoms with Crippen LogP contribution in [0.3, 0.4) is 0 Å². The molecule has 1 amide bonds. The van der Waals surface area contributed by atoms with Crippen LogP contribution >= 0.6 is 35.7 Å². The largest absolute Gasteiger partial charge is 0.361 e. The molecule has 0 aromatic heterocycles. The number of hydrazine groups is 1. The maximum atomic E-state index is 12.1. The normalized spacial score (nSPS) is 14.9. The van der Waals surface area contributed by atoms with Crippen molar-refractivity contribution in [3.63, 3.8) is 0 Å². The third kappa shape index (κ3) is 6.53. The van der Waals surface area contributed by atoms with E-state index in [4.69, 9.17) is 12.2 Å². The van der Waals surface area contributed by atoms with E-state index in [0.717, 1.165) is 13.0 Å². The summed E-state index contributed by atoms with van der Waals surface area (Å²) >= 11 is 9.10. The molecule has 4 nitrogen and oxygen atoms in total. The lowest BCUT2D eigenvalue weighted by atomic mass is 10.1. The van der Waals surface area contributed by atoms with E-state index >= 15 is 0 Å². The highest BCUT2D eigenvalue weighted by Gasteiger charge is 2.16. The zero-order chi connectivity index (χ0) is 17.2. The fraction of sp³-hybridized carbons (Fsp3) is 0.529. The van der Waals surface area contributed by atoms with Crippen LogP contribution in [0.1, 0.15) is 53.1 Å². The van der Waals surface area contributed by atoms with E-state index < -0.39 is 0 Å². The van der Waals surface area contributed by atoms with Crippen molar-refractivity contribution in [1.29, 1.82) is 0 Å². The van der Waals surface area contributed by atoms with Crippen LogP contribution in [0.4, 0.5) is 0 Å². The average Bonchev–Trinajstić information content (AvgIpc) is 2.64. The predicted molar refractivity (Wildman–Crippen MR) is 109 cm³/mol. The standard InChI is InChI=1S/C17H25N3OS3/c1-2-3-4-10-18-17(22)20-19-15(21)13-6-8-14(9-7-13)16-23-11-5-12-24-16/h6-9,16H,2-5,10-12H2,1H3,(H,19,21)(H2,18,20,22). The fourth-order valence-electron chi connectivity index (χ4n) is 2.28. The second-order valence-electron chi connectivity index (χ2n) is 5.59. The van der Waals surface area contributed by atoms with Gasteiger partial charge in [-0.1, -0.05) is 31.9 Å². The molecule has 24 heavy (non-hydrogen) atoms. The Kier molecular flexibility index (Phi) is 8.77. The van der Waals surface area contributed by atoms with Crippen molar-refractivity contribution >= 4 is 46.8 Å². The summed E-state index contributed by atoms with van der Waals surface area (Å²) in [5.74, 6) is 2.25. The highest BCUT2D eigenvalue weighted by Crippen LogP contribution is 2.43. The van der Waals surface area contributed by atoms with Gasteiger partial charge in [-0.05, 0) is 54.3 Å². The Labute approximate surface area is 158 Å². The summed E-state index contributed by atoms with van der Waals surface area (Å²) in [6.07, 6.45) is 4.70. The van der Waals surface area contributed by atoms with Gasteiger partial charge in [0, 0.05) is 12.1 Å². The minimum absolute atomic E-state index is 0.178. The lowest BCUT2D eigenvalue weighted by Gasteiger charge is -2.21. The number of amides is 1. The maximum absolute atomic E-state index is 12.1. The Hall–Kier alpha value is -0.920. The molecule has 1 aromatic carbocycles. The zero-order valence-corrected chi connectivity index (χ0v) is 16.4. The third-order valence-corrected chi connectivity index (χ3v) is 6.89. The number of benzene rings is 1. The molecule has 3 N–H and O–H groups in total. The van der Waals surface area contributed by atoms with Gasteiger partial charge in [0.1, 0.15) is 0 Å². The van der Waals surface area contributed by atoms with E-state index in [1.54, 1.807) is 0 Å². The van der Waals surface area contributed by atoms with Gasteiger partial charge in [0.2, 0.25) is 0 Å². The molecule has 1 saturated heterocycles. The van der Waals surface area contributed by atoms with Gasteiger partial charge in [0.25, 0.3) is 5.91 Å². The van der Waals surface area contributed by atoms with Crippen molar-refractivity contribution in [2.75, 3.05) is 18.1 Å². The number of carbonyl (C=O) groups excluding carboxylic acids is 1. The third-order valence-electron chi connectivity index (χ3n) is 3.63. The van der Waals surface area contributed by atoms with Crippen molar-refractivity contribution < 1.29 is 4.79 Å².